The molecule has 3 aromatic rings. The molecule has 152 valence electrons. The van der Waals surface area contributed by atoms with Gasteiger partial charge in [0.15, 0.2) is 23.1 Å². The van der Waals surface area contributed by atoms with Gasteiger partial charge in [-0.15, -0.1) is 0 Å². The van der Waals surface area contributed by atoms with E-state index in [0.717, 1.165) is 5.56 Å². The van der Waals surface area contributed by atoms with Gasteiger partial charge in [-0.1, -0.05) is 18.2 Å². The van der Waals surface area contributed by atoms with E-state index in [1.807, 2.05) is 19.1 Å². The Morgan fingerprint density at radius 1 is 1.17 bits per heavy atom. The van der Waals surface area contributed by atoms with Crippen molar-refractivity contribution < 1.29 is 23.1 Å². The van der Waals surface area contributed by atoms with Crippen LogP contribution in [0.25, 0.3) is 11.3 Å². The molecule has 0 saturated carbocycles. The Bertz CT molecular complexity index is 986. The highest BCUT2D eigenvalue weighted by Gasteiger charge is 2.15. The number of methoxy groups -OCH3 is 2. The number of oxazole rings is 1. The maximum atomic E-state index is 13.8. The zero-order valence-electron chi connectivity index (χ0n) is 16.6. The zero-order chi connectivity index (χ0) is 20.8. The van der Waals surface area contributed by atoms with Crippen molar-refractivity contribution in [3.05, 3.63) is 65.9 Å². The number of halogens is 1. The van der Waals surface area contributed by atoms with E-state index in [4.69, 9.17) is 13.9 Å². The molecule has 0 aliphatic carbocycles. The number of carbonyl (C=O) groups is 1. The molecular formula is C22H23FN2O4. The topological polar surface area (TPSA) is 73.6 Å². The quantitative estimate of drug-likeness (QED) is 0.612. The Morgan fingerprint density at radius 2 is 1.93 bits per heavy atom. The minimum absolute atomic E-state index is 0.141. The number of aryl methyl sites for hydroxylation is 1. The normalized spacial score (nSPS) is 11.7. The Hall–Kier alpha value is -3.35. The first-order valence-electron chi connectivity index (χ1n) is 9.22. The molecule has 29 heavy (non-hydrogen) atoms. The fourth-order valence-corrected chi connectivity index (χ4v) is 2.95. The second kappa shape index (κ2) is 9.23. The summed E-state index contributed by atoms with van der Waals surface area (Å²) in [5.74, 6) is 1.44. The predicted molar refractivity (Wildman–Crippen MR) is 106 cm³/mol. The van der Waals surface area contributed by atoms with Gasteiger partial charge >= 0.3 is 0 Å². The maximum absolute atomic E-state index is 13.8. The van der Waals surface area contributed by atoms with Crippen LogP contribution in [0.3, 0.4) is 0 Å². The van der Waals surface area contributed by atoms with E-state index < -0.39 is 0 Å². The Kier molecular flexibility index (Phi) is 6.49. The van der Waals surface area contributed by atoms with Gasteiger partial charge < -0.3 is 19.2 Å². The summed E-state index contributed by atoms with van der Waals surface area (Å²) in [4.78, 5) is 16.5. The molecule has 0 aliphatic heterocycles. The van der Waals surface area contributed by atoms with Gasteiger partial charge in [-0.05, 0) is 36.8 Å². The van der Waals surface area contributed by atoms with Gasteiger partial charge in [0.1, 0.15) is 5.82 Å². The summed E-state index contributed by atoms with van der Waals surface area (Å²) in [6, 6.07) is 11.6. The lowest BCUT2D eigenvalue weighted by Gasteiger charge is -2.16. The first kappa shape index (κ1) is 20.4. The number of amides is 1. The monoisotopic (exact) mass is 398 g/mol. The average Bonchev–Trinajstić information content (AvgIpc) is 3.20. The number of nitrogens with one attached hydrogen (secondary N) is 1. The number of benzene rings is 2. The third-order valence-corrected chi connectivity index (χ3v) is 4.54. The van der Waals surface area contributed by atoms with Crippen molar-refractivity contribution in [3.63, 3.8) is 0 Å². The lowest BCUT2D eigenvalue weighted by molar-refractivity contribution is -0.121. The average molecular weight is 398 g/mol. The van der Waals surface area contributed by atoms with Crippen molar-refractivity contribution in [1.29, 1.82) is 0 Å². The number of ether oxygens (including phenoxy) is 2. The largest absolute Gasteiger partial charge is 0.493 e. The van der Waals surface area contributed by atoms with Gasteiger partial charge in [-0.2, -0.15) is 0 Å². The molecule has 0 bridgehead atoms. The van der Waals surface area contributed by atoms with Gasteiger partial charge in [-0.25, -0.2) is 9.37 Å². The molecule has 3 rings (SSSR count). The maximum Gasteiger partial charge on any atom is 0.220 e. The van der Waals surface area contributed by atoms with Crippen LogP contribution in [0.2, 0.25) is 0 Å². The number of aromatic nitrogens is 1. The van der Waals surface area contributed by atoms with E-state index in [-0.39, 0.29) is 24.2 Å². The molecule has 1 amide bonds. The van der Waals surface area contributed by atoms with Crippen LogP contribution in [0.5, 0.6) is 11.5 Å². The molecule has 0 fully saturated rings. The highest BCUT2D eigenvalue weighted by Crippen LogP contribution is 2.30. The summed E-state index contributed by atoms with van der Waals surface area (Å²) < 4.78 is 29.9. The van der Waals surface area contributed by atoms with Gasteiger partial charge in [0.2, 0.25) is 5.91 Å². The molecule has 6 nitrogen and oxygen atoms in total. The fourth-order valence-electron chi connectivity index (χ4n) is 2.95. The summed E-state index contributed by atoms with van der Waals surface area (Å²) in [7, 11) is 3.14. The first-order valence-corrected chi connectivity index (χ1v) is 9.22. The highest BCUT2D eigenvalue weighted by molar-refractivity contribution is 5.76. The van der Waals surface area contributed by atoms with E-state index in [9.17, 15) is 9.18 Å². The Labute approximate surface area is 168 Å². The van der Waals surface area contributed by atoms with Crippen molar-refractivity contribution in [2.24, 2.45) is 0 Å². The van der Waals surface area contributed by atoms with Crippen molar-refractivity contribution in [3.8, 4) is 22.8 Å². The predicted octanol–water partition coefficient (Wildman–Crippen LogP) is 4.31. The summed E-state index contributed by atoms with van der Waals surface area (Å²) in [6.07, 6.45) is 1.99. The summed E-state index contributed by atoms with van der Waals surface area (Å²) in [6.45, 7) is 1.89. The number of carbonyl (C=O) groups excluding carboxylic acids is 1. The van der Waals surface area contributed by atoms with Crippen molar-refractivity contribution in [2.75, 3.05) is 14.2 Å². The van der Waals surface area contributed by atoms with E-state index in [1.54, 1.807) is 38.5 Å². The Morgan fingerprint density at radius 3 is 2.66 bits per heavy atom. The van der Waals surface area contributed by atoms with E-state index in [0.29, 0.717) is 35.1 Å². The Balaban J connectivity index is 1.57. The van der Waals surface area contributed by atoms with Gasteiger partial charge in [0, 0.05) is 12.8 Å². The number of hydrogen-bond acceptors (Lipinski definition) is 5. The van der Waals surface area contributed by atoms with Gasteiger partial charge in [0.25, 0.3) is 0 Å². The fraction of sp³-hybridized carbons (Fsp3) is 0.273. The number of nitrogens with zero attached hydrogens (tertiary/aromatic N) is 1. The molecule has 0 radical (unpaired) electrons. The highest BCUT2D eigenvalue weighted by atomic mass is 19.1. The molecule has 0 spiro atoms. The molecular weight excluding hydrogens is 375 g/mol. The molecule has 7 heteroatoms. The summed E-state index contributed by atoms with van der Waals surface area (Å²) in [5.41, 5.74) is 1.24. The zero-order valence-corrected chi connectivity index (χ0v) is 16.6. The standard InChI is InChI=1S/C22H23FN2O4/c1-14(15-8-9-18(27-2)19(12-15)28-3)25-21(26)10-11-22-24-13-20(29-22)16-6-4-5-7-17(16)23/h4-9,12-14H,10-11H2,1-3H3,(H,25,26). The van der Waals surface area contributed by atoms with Crippen LogP contribution in [-0.4, -0.2) is 25.1 Å². The smallest absolute Gasteiger partial charge is 0.220 e. The van der Waals surface area contributed by atoms with Gasteiger partial charge in [-0.3, -0.25) is 4.79 Å². The van der Waals surface area contributed by atoms with Gasteiger partial charge in [0.05, 0.1) is 32.0 Å². The molecule has 1 N–H and O–H groups in total. The van der Waals surface area contributed by atoms with Crippen LogP contribution in [0, 0.1) is 5.82 Å². The van der Waals surface area contributed by atoms with E-state index in [2.05, 4.69) is 10.3 Å². The van der Waals surface area contributed by atoms with Crippen molar-refractivity contribution in [2.45, 2.75) is 25.8 Å². The van der Waals surface area contributed by atoms with Crippen LogP contribution < -0.4 is 14.8 Å². The number of rotatable bonds is 8. The third kappa shape index (κ3) is 4.93. The van der Waals surface area contributed by atoms with Crippen LogP contribution >= 0.6 is 0 Å². The SMILES string of the molecule is COc1ccc(C(C)NC(=O)CCc2ncc(-c3ccccc3F)o2)cc1OC. The molecule has 2 aromatic carbocycles. The van der Waals surface area contributed by atoms with Crippen molar-refractivity contribution >= 4 is 5.91 Å². The summed E-state index contributed by atoms with van der Waals surface area (Å²) >= 11 is 0. The number of hydrogen-bond donors (Lipinski definition) is 1. The lowest BCUT2D eigenvalue weighted by Crippen LogP contribution is -2.26. The lowest BCUT2D eigenvalue weighted by atomic mass is 10.1. The minimum atomic E-state index is -0.378. The minimum Gasteiger partial charge on any atom is -0.493 e. The van der Waals surface area contributed by atoms with E-state index >= 15 is 0 Å². The second-order valence-electron chi connectivity index (χ2n) is 6.50. The van der Waals surface area contributed by atoms with Crippen LogP contribution in [-0.2, 0) is 11.2 Å². The molecule has 0 saturated heterocycles. The van der Waals surface area contributed by atoms with Crippen LogP contribution in [0.15, 0.2) is 53.1 Å². The molecule has 1 atom stereocenters. The molecule has 1 unspecified atom stereocenters. The molecule has 1 heterocycles. The first-order chi connectivity index (χ1) is 14.0. The third-order valence-electron chi connectivity index (χ3n) is 4.54. The van der Waals surface area contributed by atoms with Crippen LogP contribution in [0.4, 0.5) is 4.39 Å². The summed E-state index contributed by atoms with van der Waals surface area (Å²) in [5, 5.41) is 2.94. The second-order valence-corrected chi connectivity index (χ2v) is 6.50. The van der Waals surface area contributed by atoms with Crippen molar-refractivity contribution in [1.82, 2.24) is 10.3 Å². The molecule has 1 aromatic heterocycles. The molecule has 0 aliphatic rings. The van der Waals surface area contributed by atoms with E-state index in [1.165, 1.54) is 12.3 Å². The van der Waals surface area contributed by atoms with Crippen LogP contribution in [0.1, 0.15) is 30.8 Å².